The topological polar surface area (TPSA) is 3.24 Å². The predicted molar refractivity (Wildman–Crippen MR) is 250 cm³/mol. The van der Waals surface area contributed by atoms with Crippen LogP contribution in [-0.2, 0) is 10.8 Å². The number of nitrogens with zero attached hydrogens (tertiary/aromatic N) is 1. The van der Waals surface area contributed by atoms with E-state index in [2.05, 4.69) is 233 Å². The first-order valence-corrected chi connectivity index (χ1v) is 20.8. The van der Waals surface area contributed by atoms with Gasteiger partial charge in [-0.3, -0.25) is 0 Å². The molecule has 2 aliphatic rings. The van der Waals surface area contributed by atoms with Crippen LogP contribution in [0.5, 0.6) is 0 Å². The van der Waals surface area contributed by atoms with Crippen LogP contribution < -0.4 is 4.90 Å². The van der Waals surface area contributed by atoms with E-state index in [4.69, 9.17) is 0 Å². The number of fused-ring (bicyclic) bond motifs is 8. The summed E-state index contributed by atoms with van der Waals surface area (Å²) in [7, 11) is 0. The maximum Gasteiger partial charge on any atom is 0.0467 e. The molecular weight excluding hydrogens is 711 g/mol. The van der Waals surface area contributed by atoms with Crippen LogP contribution in [0.2, 0.25) is 0 Å². The minimum atomic E-state index is -0.113. The Bertz CT molecular complexity index is 3090. The molecular formula is C58H45N. The molecule has 59 heavy (non-hydrogen) atoms. The van der Waals surface area contributed by atoms with Gasteiger partial charge in [-0.1, -0.05) is 179 Å². The maximum absolute atomic E-state index is 2.44. The molecule has 0 amide bonds. The third kappa shape index (κ3) is 5.53. The van der Waals surface area contributed by atoms with Crippen molar-refractivity contribution in [3.8, 4) is 55.6 Å². The Labute approximate surface area is 347 Å². The highest BCUT2D eigenvalue weighted by atomic mass is 15.1. The van der Waals surface area contributed by atoms with Crippen LogP contribution in [0.3, 0.4) is 0 Å². The van der Waals surface area contributed by atoms with Gasteiger partial charge in [-0.15, -0.1) is 0 Å². The molecule has 2 aliphatic carbocycles. The van der Waals surface area contributed by atoms with E-state index >= 15 is 0 Å². The second kappa shape index (κ2) is 13.3. The second-order valence-corrected chi connectivity index (χ2v) is 17.3. The number of hydrogen-bond donors (Lipinski definition) is 0. The Hall–Kier alpha value is -6.96. The fraction of sp³-hybridized carbons (Fsp3) is 0.103. The van der Waals surface area contributed by atoms with Crippen molar-refractivity contribution in [1.82, 2.24) is 0 Å². The molecule has 0 atom stereocenters. The summed E-state index contributed by atoms with van der Waals surface area (Å²) in [6, 6.07) is 74.2. The largest absolute Gasteiger partial charge is 0.310 e. The van der Waals surface area contributed by atoms with Gasteiger partial charge < -0.3 is 4.90 Å². The number of benzene rings is 9. The van der Waals surface area contributed by atoms with Crippen molar-refractivity contribution in [2.45, 2.75) is 38.5 Å². The minimum absolute atomic E-state index is 0.106. The van der Waals surface area contributed by atoms with E-state index in [9.17, 15) is 0 Å². The smallest absolute Gasteiger partial charge is 0.0467 e. The molecule has 0 fully saturated rings. The molecule has 282 valence electrons. The third-order valence-electron chi connectivity index (χ3n) is 13.2. The first-order valence-electron chi connectivity index (χ1n) is 20.8. The van der Waals surface area contributed by atoms with Gasteiger partial charge in [-0.2, -0.15) is 0 Å². The van der Waals surface area contributed by atoms with E-state index in [1.54, 1.807) is 0 Å². The SMILES string of the molecule is CC1(C)c2ccccc2-c2ccc(N(c3ccc(-c4cc5ccccc5c5c4-c4ccccc4C5(C)C)cc3)c3cccc(-c4cccc(-c5ccccc5)c4)c3)cc21. The van der Waals surface area contributed by atoms with Gasteiger partial charge in [0, 0.05) is 27.9 Å². The van der Waals surface area contributed by atoms with Crippen LogP contribution >= 0.6 is 0 Å². The molecule has 0 aromatic heterocycles. The standard InChI is InChI=1S/C58H45N/c1-57(2)52-26-12-10-24-48(52)49-33-32-46(37-54(49)57)59(45-22-15-21-42(35-45)41-20-14-19-40(34-41)38-16-6-5-7-17-38)44-30-28-39(29-31-44)51-36-43-18-8-9-23-47(43)56-55(51)50-25-11-13-27-53(50)58(56,3)4/h5-37H,1-4H3. The highest BCUT2D eigenvalue weighted by Gasteiger charge is 2.39. The normalized spacial score (nSPS) is 14.0. The van der Waals surface area contributed by atoms with E-state index in [1.807, 2.05) is 0 Å². The second-order valence-electron chi connectivity index (χ2n) is 17.3. The van der Waals surface area contributed by atoms with Gasteiger partial charge >= 0.3 is 0 Å². The molecule has 0 heterocycles. The molecule has 0 N–H and O–H groups in total. The monoisotopic (exact) mass is 755 g/mol. The summed E-state index contributed by atoms with van der Waals surface area (Å²) < 4.78 is 0. The molecule has 0 saturated carbocycles. The highest BCUT2D eigenvalue weighted by molar-refractivity contribution is 6.05. The highest BCUT2D eigenvalue weighted by Crippen LogP contribution is 2.55. The zero-order valence-electron chi connectivity index (χ0n) is 34.0. The van der Waals surface area contributed by atoms with Crippen LogP contribution in [-0.4, -0.2) is 0 Å². The fourth-order valence-electron chi connectivity index (χ4n) is 10.3. The molecule has 0 unspecified atom stereocenters. The molecule has 1 heteroatoms. The summed E-state index contributed by atoms with van der Waals surface area (Å²) in [4.78, 5) is 2.44. The van der Waals surface area contributed by atoms with Crippen molar-refractivity contribution in [2.24, 2.45) is 0 Å². The lowest BCUT2D eigenvalue weighted by molar-refractivity contribution is 0.660. The van der Waals surface area contributed by atoms with Crippen LogP contribution in [0.15, 0.2) is 200 Å². The molecule has 9 aromatic rings. The average molecular weight is 756 g/mol. The lowest BCUT2D eigenvalue weighted by Crippen LogP contribution is -2.16. The number of hydrogen-bond acceptors (Lipinski definition) is 1. The van der Waals surface area contributed by atoms with Gasteiger partial charge in [0.2, 0.25) is 0 Å². The Morgan fingerprint density at radius 1 is 0.322 bits per heavy atom. The summed E-state index contributed by atoms with van der Waals surface area (Å²) in [5.41, 5.74) is 21.4. The Balaban J connectivity index is 1.07. The first-order chi connectivity index (χ1) is 28.8. The predicted octanol–water partition coefficient (Wildman–Crippen LogP) is 15.9. The fourth-order valence-corrected chi connectivity index (χ4v) is 10.3. The van der Waals surface area contributed by atoms with Crippen LogP contribution in [0, 0.1) is 0 Å². The summed E-state index contributed by atoms with van der Waals surface area (Å²) in [5, 5.41) is 2.62. The number of rotatable bonds is 6. The molecule has 0 aliphatic heterocycles. The third-order valence-corrected chi connectivity index (χ3v) is 13.2. The van der Waals surface area contributed by atoms with Gasteiger partial charge in [-0.05, 0) is 137 Å². The molecule has 0 saturated heterocycles. The van der Waals surface area contributed by atoms with E-state index in [1.165, 1.54) is 88.7 Å². The lowest BCUT2D eigenvalue weighted by Gasteiger charge is -2.29. The van der Waals surface area contributed by atoms with Crippen molar-refractivity contribution in [3.05, 3.63) is 222 Å². The van der Waals surface area contributed by atoms with Crippen molar-refractivity contribution in [2.75, 3.05) is 4.90 Å². The Kier molecular flexibility index (Phi) is 7.94. The lowest BCUT2D eigenvalue weighted by atomic mass is 9.79. The summed E-state index contributed by atoms with van der Waals surface area (Å²) in [6.45, 7) is 9.50. The quantitative estimate of drug-likeness (QED) is 0.163. The summed E-state index contributed by atoms with van der Waals surface area (Å²) >= 11 is 0. The molecule has 1 nitrogen and oxygen atoms in total. The Morgan fingerprint density at radius 2 is 0.881 bits per heavy atom. The minimum Gasteiger partial charge on any atom is -0.310 e. The zero-order chi connectivity index (χ0) is 39.9. The van der Waals surface area contributed by atoms with Crippen molar-refractivity contribution < 1.29 is 0 Å². The molecule has 0 spiro atoms. The van der Waals surface area contributed by atoms with Crippen LogP contribution in [0.1, 0.15) is 49.9 Å². The molecule has 9 aromatic carbocycles. The van der Waals surface area contributed by atoms with Crippen LogP contribution in [0.25, 0.3) is 66.4 Å². The van der Waals surface area contributed by atoms with E-state index in [-0.39, 0.29) is 10.8 Å². The van der Waals surface area contributed by atoms with E-state index < -0.39 is 0 Å². The average Bonchev–Trinajstić information content (AvgIpc) is 3.67. The first kappa shape index (κ1) is 35.2. The van der Waals surface area contributed by atoms with E-state index in [0.29, 0.717) is 0 Å². The maximum atomic E-state index is 2.44. The molecule has 11 rings (SSSR count). The molecule has 0 bridgehead atoms. The van der Waals surface area contributed by atoms with Gasteiger partial charge in [0.25, 0.3) is 0 Å². The van der Waals surface area contributed by atoms with Crippen molar-refractivity contribution in [3.63, 3.8) is 0 Å². The van der Waals surface area contributed by atoms with Gasteiger partial charge in [0.1, 0.15) is 0 Å². The van der Waals surface area contributed by atoms with Crippen molar-refractivity contribution in [1.29, 1.82) is 0 Å². The number of anilines is 3. The Morgan fingerprint density at radius 3 is 1.66 bits per heavy atom. The summed E-state index contributed by atoms with van der Waals surface area (Å²) in [6.07, 6.45) is 0. The van der Waals surface area contributed by atoms with Gasteiger partial charge in [0.15, 0.2) is 0 Å². The summed E-state index contributed by atoms with van der Waals surface area (Å²) in [5.74, 6) is 0. The van der Waals surface area contributed by atoms with Gasteiger partial charge in [0.05, 0.1) is 0 Å². The zero-order valence-corrected chi connectivity index (χ0v) is 34.0. The van der Waals surface area contributed by atoms with Crippen molar-refractivity contribution >= 4 is 27.8 Å². The van der Waals surface area contributed by atoms with Crippen LogP contribution in [0.4, 0.5) is 17.1 Å². The van der Waals surface area contributed by atoms with Gasteiger partial charge in [-0.25, -0.2) is 0 Å². The van der Waals surface area contributed by atoms with E-state index in [0.717, 1.165) is 17.1 Å². The molecule has 0 radical (unpaired) electrons.